The van der Waals surface area contributed by atoms with Crippen LogP contribution in [0.15, 0.2) is 54.6 Å². The molecule has 0 radical (unpaired) electrons. The molecule has 15 heteroatoms. The van der Waals surface area contributed by atoms with E-state index >= 15 is 0 Å². The van der Waals surface area contributed by atoms with Crippen LogP contribution in [0.3, 0.4) is 0 Å². The first-order valence-corrected chi connectivity index (χ1v) is 12.7. The summed E-state index contributed by atoms with van der Waals surface area (Å²) in [5, 5.41) is 9.50. The number of carboxylic acid groups (broad SMARTS) is 1. The Bertz CT molecular complexity index is 1530. The van der Waals surface area contributed by atoms with Crippen LogP contribution in [0.4, 0.5) is 44.3 Å². The third kappa shape index (κ3) is 6.70. The number of rotatable bonds is 7. The number of ether oxygens (including phenoxy) is 2. The van der Waals surface area contributed by atoms with Gasteiger partial charge in [-0.1, -0.05) is 18.2 Å². The van der Waals surface area contributed by atoms with Crippen molar-refractivity contribution in [2.75, 3.05) is 7.11 Å². The molecule has 0 aromatic heterocycles. The maximum absolute atomic E-state index is 13.5. The van der Waals surface area contributed by atoms with E-state index in [-0.39, 0.29) is 34.1 Å². The van der Waals surface area contributed by atoms with Gasteiger partial charge < -0.3 is 14.6 Å². The number of benzene rings is 3. The minimum atomic E-state index is -5.15. The fourth-order valence-corrected chi connectivity index (χ4v) is 4.96. The zero-order valence-electron chi connectivity index (χ0n) is 22.7. The summed E-state index contributed by atoms with van der Waals surface area (Å²) in [6.45, 7) is 0.843. The largest absolute Gasteiger partial charge is 0.496 e. The molecule has 1 N–H and O–H groups in total. The number of carbonyl (C=O) groups is 2. The van der Waals surface area contributed by atoms with E-state index in [0.29, 0.717) is 12.1 Å². The van der Waals surface area contributed by atoms with Crippen molar-refractivity contribution in [3.8, 4) is 16.9 Å². The SMILES string of the molecule is COc1ccc(CC(=O)O)c(CN2C(=O)O[C@H](c3cc(C(F)(F)F)cc(C(F)(F)F)c3)[C@@H]2C)c1-c1ccc(C(F)(F)F)cc1. The number of hydrogen-bond donors (Lipinski definition) is 1. The summed E-state index contributed by atoms with van der Waals surface area (Å²) in [5.74, 6) is -1.20. The van der Waals surface area contributed by atoms with Gasteiger partial charge in [-0.2, -0.15) is 39.5 Å². The van der Waals surface area contributed by atoms with Crippen LogP contribution in [0, 0.1) is 0 Å². The Morgan fingerprint density at radius 1 is 0.864 bits per heavy atom. The lowest BCUT2D eigenvalue weighted by molar-refractivity contribution is -0.143. The Labute approximate surface area is 243 Å². The summed E-state index contributed by atoms with van der Waals surface area (Å²) in [7, 11) is 1.25. The van der Waals surface area contributed by atoms with Crippen LogP contribution in [0.5, 0.6) is 5.75 Å². The lowest BCUT2D eigenvalue weighted by Crippen LogP contribution is -2.32. The summed E-state index contributed by atoms with van der Waals surface area (Å²) in [4.78, 5) is 25.7. The maximum Gasteiger partial charge on any atom is 0.416 e. The van der Waals surface area contributed by atoms with Crippen LogP contribution in [-0.2, 0) is 41.0 Å². The zero-order chi connectivity index (χ0) is 32.8. The Kier molecular flexibility index (Phi) is 8.55. The molecule has 0 bridgehead atoms. The quantitative estimate of drug-likeness (QED) is 0.266. The van der Waals surface area contributed by atoms with Crippen molar-refractivity contribution in [1.29, 1.82) is 0 Å². The van der Waals surface area contributed by atoms with Gasteiger partial charge in [0, 0.05) is 5.56 Å². The molecule has 44 heavy (non-hydrogen) atoms. The molecule has 0 aliphatic carbocycles. The van der Waals surface area contributed by atoms with Crippen molar-refractivity contribution in [1.82, 2.24) is 4.90 Å². The van der Waals surface area contributed by atoms with Crippen LogP contribution in [0.2, 0.25) is 0 Å². The van der Waals surface area contributed by atoms with Gasteiger partial charge in [-0.3, -0.25) is 9.69 Å². The zero-order valence-corrected chi connectivity index (χ0v) is 22.7. The second-order valence-corrected chi connectivity index (χ2v) is 9.94. The number of amides is 1. The molecular formula is C29H22F9NO5. The van der Waals surface area contributed by atoms with Crippen molar-refractivity contribution < 1.29 is 63.7 Å². The van der Waals surface area contributed by atoms with E-state index in [1.54, 1.807) is 0 Å². The second kappa shape index (κ2) is 11.6. The number of aliphatic carboxylic acids is 1. The number of nitrogens with zero attached hydrogens (tertiary/aromatic N) is 1. The molecule has 4 rings (SSSR count). The van der Waals surface area contributed by atoms with E-state index in [0.717, 1.165) is 29.2 Å². The van der Waals surface area contributed by atoms with Gasteiger partial charge in [-0.25, -0.2) is 4.79 Å². The molecule has 1 saturated heterocycles. The Hall–Kier alpha value is -4.43. The normalized spacial score (nSPS) is 17.5. The van der Waals surface area contributed by atoms with Gasteiger partial charge in [0.1, 0.15) is 11.9 Å². The lowest BCUT2D eigenvalue weighted by Gasteiger charge is -2.25. The number of carboxylic acids is 1. The summed E-state index contributed by atoms with van der Waals surface area (Å²) in [6.07, 6.45) is -18.3. The van der Waals surface area contributed by atoms with Crippen molar-refractivity contribution in [2.24, 2.45) is 0 Å². The van der Waals surface area contributed by atoms with Gasteiger partial charge in [0.25, 0.3) is 0 Å². The Morgan fingerprint density at radius 2 is 1.41 bits per heavy atom. The molecule has 236 valence electrons. The average Bonchev–Trinajstić information content (AvgIpc) is 3.20. The molecule has 1 heterocycles. The van der Waals surface area contributed by atoms with E-state index in [4.69, 9.17) is 9.47 Å². The third-order valence-electron chi connectivity index (χ3n) is 7.09. The predicted molar refractivity (Wildman–Crippen MR) is 135 cm³/mol. The number of methoxy groups -OCH3 is 1. The highest BCUT2D eigenvalue weighted by atomic mass is 19.4. The molecule has 1 amide bonds. The molecule has 6 nitrogen and oxygen atoms in total. The van der Waals surface area contributed by atoms with Gasteiger partial charge in [0.2, 0.25) is 0 Å². The van der Waals surface area contributed by atoms with Gasteiger partial charge in [0.15, 0.2) is 0 Å². The molecule has 0 saturated carbocycles. The summed E-state index contributed by atoms with van der Waals surface area (Å²) < 4.78 is 131. The van der Waals surface area contributed by atoms with Crippen LogP contribution in [0.25, 0.3) is 11.1 Å². The van der Waals surface area contributed by atoms with Crippen molar-refractivity contribution in [3.05, 3.63) is 88.0 Å². The molecule has 2 atom stereocenters. The minimum Gasteiger partial charge on any atom is -0.496 e. The van der Waals surface area contributed by atoms with Gasteiger partial charge in [0.05, 0.1) is 42.8 Å². The summed E-state index contributed by atoms with van der Waals surface area (Å²) in [6, 6.07) is 6.21. The van der Waals surface area contributed by atoms with E-state index in [1.807, 2.05) is 0 Å². The molecule has 1 aliphatic rings. The fraction of sp³-hybridized carbons (Fsp3) is 0.310. The molecule has 0 unspecified atom stereocenters. The van der Waals surface area contributed by atoms with Gasteiger partial charge >= 0.3 is 30.6 Å². The highest BCUT2D eigenvalue weighted by Crippen LogP contribution is 2.43. The molecule has 3 aromatic rings. The monoisotopic (exact) mass is 635 g/mol. The Morgan fingerprint density at radius 3 is 1.89 bits per heavy atom. The van der Waals surface area contributed by atoms with Crippen LogP contribution in [-0.4, -0.2) is 35.2 Å². The smallest absolute Gasteiger partial charge is 0.416 e. The second-order valence-electron chi connectivity index (χ2n) is 9.94. The van der Waals surface area contributed by atoms with E-state index in [2.05, 4.69) is 0 Å². The molecule has 1 fully saturated rings. The average molecular weight is 635 g/mol. The van der Waals surface area contributed by atoms with Crippen LogP contribution >= 0.6 is 0 Å². The van der Waals surface area contributed by atoms with Gasteiger partial charge in [-0.15, -0.1) is 0 Å². The molecule has 0 spiro atoms. The van der Waals surface area contributed by atoms with Crippen molar-refractivity contribution in [2.45, 2.75) is 50.6 Å². The van der Waals surface area contributed by atoms with E-state index in [9.17, 15) is 54.2 Å². The first-order chi connectivity index (χ1) is 20.3. The number of alkyl halides is 9. The van der Waals surface area contributed by atoms with Crippen molar-refractivity contribution >= 4 is 12.1 Å². The first kappa shape index (κ1) is 32.5. The van der Waals surface area contributed by atoms with Crippen molar-refractivity contribution in [3.63, 3.8) is 0 Å². The van der Waals surface area contributed by atoms with E-state index in [1.165, 1.54) is 26.2 Å². The molecule has 1 aliphatic heterocycles. The van der Waals surface area contributed by atoms with Gasteiger partial charge in [-0.05, 0) is 65.6 Å². The third-order valence-corrected chi connectivity index (χ3v) is 7.09. The number of hydrogen-bond acceptors (Lipinski definition) is 4. The summed E-state index contributed by atoms with van der Waals surface area (Å²) >= 11 is 0. The molecule has 3 aromatic carbocycles. The number of cyclic esters (lactones) is 1. The fourth-order valence-electron chi connectivity index (χ4n) is 4.96. The number of carbonyl (C=O) groups excluding carboxylic acids is 1. The summed E-state index contributed by atoms with van der Waals surface area (Å²) in [5.41, 5.74) is -4.25. The predicted octanol–water partition coefficient (Wildman–Crippen LogP) is 8.13. The van der Waals surface area contributed by atoms with E-state index < -0.39 is 78.0 Å². The van der Waals surface area contributed by atoms with Crippen LogP contribution < -0.4 is 4.74 Å². The van der Waals surface area contributed by atoms with Crippen LogP contribution in [0.1, 0.15) is 46.4 Å². The highest BCUT2D eigenvalue weighted by molar-refractivity contribution is 5.80. The Balaban J connectivity index is 1.81. The first-order valence-electron chi connectivity index (χ1n) is 12.7. The lowest BCUT2D eigenvalue weighted by atomic mass is 9.91. The minimum absolute atomic E-state index is 0.0620. The standard InChI is InChI=1S/C29H22F9NO5/c1-14-25(17-9-19(28(33,34)35)12-20(10-17)29(36,37)38)44-26(42)39(14)13-21-16(11-23(40)41)5-8-22(43-2)24(21)15-3-6-18(7-4-15)27(30,31)32/h3-10,12,14,25H,11,13H2,1-2H3,(H,40,41)/t14-,25-/m0/s1. The maximum atomic E-state index is 13.5. The highest BCUT2D eigenvalue weighted by Gasteiger charge is 2.44. The molecular weight excluding hydrogens is 613 g/mol. The topological polar surface area (TPSA) is 76.1 Å². The number of halogens is 9.